The molecule has 2 nitrogen and oxygen atoms in total. The van der Waals surface area contributed by atoms with E-state index in [0.29, 0.717) is 17.3 Å². The lowest BCUT2D eigenvalue weighted by Crippen LogP contribution is -2.58. The number of aliphatic hydroxyl groups excluding tert-OH is 2. The Morgan fingerprint density at radius 3 is 2.57 bits per heavy atom. The summed E-state index contributed by atoms with van der Waals surface area (Å²) in [6, 6.07) is 0. The van der Waals surface area contributed by atoms with Gasteiger partial charge in [-0.2, -0.15) is 0 Å². The van der Waals surface area contributed by atoms with Crippen LogP contribution in [0.25, 0.3) is 0 Å². The predicted molar refractivity (Wildman–Crippen MR) is 83.7 cm³/mol. The van der Waals surface area contributed by atoms with E-state index >= 15 is 0 Å². The molecule has 4 fully saturated rings. The number of hydrogen-bond donors (Lipinski definition) is 2. The summed E-state index contributed by atoms with van der Waals surface area (Å²) in [5, 5.41) is 21.1. The molecule has 2 unspecified atom stereocenters. The van der Waals surface area contributed by atoms with Gasteiger partial charge in [-0.15, -0.1) is 0 Å². The van der Waals surface area contributed by atoms with Crippen molar-refractivity contribution in [2.45, 2.75) is 83.8 Å². The Balaban J connectivity index is 1.67. The van der Waals surface area contributed by atoms with Gasteiger partial charge in [-0.25, -0.2) is 0 Å². The Morgan fingerprint density at radius 2 is 1.76 bits per heavy atom. The normalized spacial score (nSPS) is 60.0. The van der Waals surface area contributed by atoms with Crippen LogP contribution in [0.5, 0.6) is 0 Å². The molecule has 0 radical (unpaired) electrons. The summed E-state index contributed by atoms with van der Waals surface area (Å²) < 4.78 is 0. The van der Waals surface area contributed by atoms with Crippen molar-refractivity contribution in [2.24, 2.45) is 34.5 Å². The third-order valence-corrected chi connectivity index (χ3v) is 8.34. The molecule has 0 amide bonds. The molecule has 0 aromatic carbocycles. The molecule has 2 heteroatoms. The van der Waals surface area contributed by atoms with E-state index in [2.05, 4.69) is 13.8 Å². The Kier molecular flexibility index (Phi) is 3.25. The van der Waals surface area contributed by atoms with Gasteiger partial charge in [0, 0.05) is 0 Å². The second-order valence-corrected chi connectivity index (χ2v) is 9.32. The standard InChI is InChI=1S/C19H32O2/c1-18-8-3-4-15(18)14-6-5-12-10-13(20)7-9-19(12,2)17(14)16(21)11-18/h12-17,20-21H,3-11H2,1-2H3/t12?,13?,14-,15-,16-,17+,18-,19-/m0/s1. The minimum Gasteiger partial charge on any atom is -0.393 e. The van der Waals surface area contributed by atoms with E-state index in [1.54, 1.807) is 0 Å². The molecule has 120 valence electrons. The first-order valence-corrected chi connectivity index (χ1v) is 9.30. The molecular formula is C19H32O2. The third-order valence-electron chi connectivity index (χ3n) is 8.34. The van der Waals surface area contributed by atoms with Crippen LogP contribution in [-0.2, 0) is 0 Å². The number of rotatable bonds is 0. The second kappa shape index (κ2) is 4.71. The highest BCUT2D eigenvalue weighted by molar-refractivity contribution is 5.10. The first-order chi connectivity index (χ1) is 9.94. The molecule has 0 saturated heterocycles. The van der Waals surface area contributed by atoms with Crippen LogP contribution in [0.1, 0.15) is 71.6 Å². The molecular weight excluding hydrogens is 260 g/mol. The summed E-state index contributed by atoms with van der Waals surface area (Å²) in [6.07, 6.45) is 10.6. The smallest absolute Gasteiger partial charge is 0.0581 e. The van der Waals surface area contributed by atoms with Crippen LogP contribution in [0.3, 0.4) is 0 Å². The quantitative estimate of drug-likeness (QED) is 0.714. The molecule has 4 rings (SSSR count). The van der Waals surface area contributed by atoms with Crippen molar-refractivity contribution in [1.82, 2.24) is 0 Å². The van der Waals surface area contributed by atoms with Gasteiger partial charge in [-0.1, -0.05) is 20.3 Å². The van der Waals surface area contributed by atoms with Crippen molar-refractivity contribution in [1.29, 1.82) is 0 Å². The lowest BCUT2D eigenvalue weighted by Gasteiger charge is -2.61. The minimum absolute atomic E-state index is 0.0860. The fourth-order valence-corrected chi connectivity index (χ4v) is 7.37. The van der Waals surface area contributed by atoms with Crippen molar-refractivity contribution in [3.63, 3.8) is 0 Å². The van der Waals surface area contributed by atoms with Crippen molar-refractivity contribution in [2.75, 3.05) is 0 Å². The van der Waals surface area contributed by atoms with Crippen LogP contribution >= 0.6 is 0 Å². The molecule has 4 aliphatic rings. The van der Waals surface area contributed by atoms with Crippen LogP contribution in [0.15, 0.2) is 0 Å². The lowest BCUT2D eigenvalue weighted by atomic mass is 9.44. The SMILES string of the molecule is C[C@@]12CCC[C@H]1[C@@H]1CCC3CC(O)CC[C@]3(C)[C@H]1[C@@H](O)C2. The van der Waals surface area contributed by atoms with Gasteiger partial charge in [-0.05, 0) is 85.9 Å². The minimum atomic E-state index is -0.0996. The summed E-state index contributed by atoms with van der Waals surface area (Å²) in [7, 11) is 0. The molecule has 4 saturated carbocycles. The van der Waals surface area contributed by atoms with Gasteiger partial charge in [0.05, 0.1) is 12.2 Å². The van der Waals surface area contributed by atoms with E-state index in [1.165, 1.54) is 32.1 Å². The maximum atomic E-state index is 11.0. The van der Waals surface area contributed by atoms with Gasteiger partial charge < -0.3 is 10.2 Å². The van der Waals surface area contributed by atoms with Crippen molar-refractivity contribution in [3.05, 3.63) is 0 Å². The zero-order valence-electron chi connectivity index (χ0n) is 13.7. The molecule has 0 aromatic heterocycles. The summed E-state index contributed by atoms with van der Waals surface area (Å²) in [5.74, 6) is 2.75. The average Bonchev–Trinajstić information content (AvgIpc) is 2.80. The predicted octanol–water partition coefficient (Wildman–Crippen LogP) is 3.75. The van der Waals surface area contributed by atoms with Crippen molar-refractivity contribution >= 4 is 0 Å². The summed E-state index contributed by atoms with van der Waals surface area (Å²) in [5.41, 5.74) is 0.698. The van der Waals surface area contributed by atoms with Crippen LogP contribution in [0, 0.1) is 34.5 Å². The van der Waals surface area contributed by atoms with E-state index in [1.807, 2.05) is 0 Å². The molecule has 0 aromatic rings. The maximum absolute atomic E-state index is 11.0. The fourth-order valence-electron chi connectivity index (χ4n) is 7.37. The van der Waals surface area contributed by atoms with E-state index < -0.39 is 0 Å². The molecule has 4 aliphatic carbocycles. The second-order valence-electron chi connectivity index (χ2n) is 9.32. The molecule has 8 atom stereocenters. The van der Waals surface area contributed by atoms with E-state index in [4.69, 9.17) is 0 Å². The monoisotopic (exact) mass is 292 g/mol. The van der Waals surface area contributed by atoms with Crippen LogP contribution in [0.2, 0.25) is 0 Å². The Morgan fingerprint density at radius 1 is 0.952 bits per heavy atom. The van der Waals surface area contributed by atoms with Crippen LogP contribution in [0.4, 0.5) is 0 Å². The van der Waals surface area contributed by atoms with E-state index in [9.17, 15) is 10.2 Å². The number of hydrogen-bond acceptors (Lipinski definition) is 2. The summed E-state index contributed by atoms with van der Waals surface area (Å²) >= 11 is 0. The molecule has 0 bridgehead atoms. The summed E-state index contributed by atoms with van der Waals surface area (Å²) in [4.78, 5) is 0. The maximum Gasteiger partial charge on any atom is 0.0581 e. The Labute approximate surface area is 129 Å². The molecule has 2 N–H and O–H groups in total. The molecule has 0 heterocycles. The van der Waals surface area contributed by atoms with Crippen LogP contribution < -0.4 is 0 Å². The first kappa shape index (κ1) is 14.5. The zero-order valence-corrected chi connectivity index (χ0v) is 13.7. The highest BCUT2D eigenvalue weighted by Crippen LogP contribution is 2.66. The number of aliphatic hydroxyl groups is 2. The largest absolute Gasteiger partial charge is 0.393 e. The van der Waals surface area contributed by atoms with Gasteiger partial charge in [0.1, 0.15) is 0 Å². The average molecular weight is 292 g/mol. The van der Waals surface area contributed by atoms with Gasteiger partial charge in [0.15, 0.2) is 0 Å². The Bertz CT molecular complexity index is 422. The zero-order chi connectivity index (χ0) is 14.8. The first-order valence-electron chi connectivity index (χ1n) is 9.30. The van der Waals surface area contributed by atoms with E-state index in [-0.39, 0.29) is 17.6 Å². The molecule has 0 spiro atoms. The molecule has 21 heavy (non-hydrogen) atoms. The van der Waals surface area contributed by atoms with Crippen LogP contribution in [-0.4, -0.2) is 22.4 Å². The van der Waals surface area contributed by atoms with E-state index in [0.717, 1.165) is 37.5 Å². The topological polar surface area (TPSA) is 40.5 Å². The lowest BCUT2D eigenvalue weighted by molar-refractivity contribution is -0.171. The van der Waals surface area contributed by atoms with Gasteiger partial charge in [-0.3, -0.25) is 0 Å². The highest BCUT2D eigenvalue weighted by atomic mass is 16.3. The number of fused-ring (bicyclic) bond motifs is 5. The molecule has 0 aliphatic heterocycles. The fraction of sp³-hybridized carbons (Fsp3) is 1.00. The van der Waals surface area contributed by atoms with Gasteiger partial charge >= 0.3 is 0 Å². The van der Waals surface area contributed by atoms with Crippen molar-refractivity contribution < 1.29 is 10.2 Å². The highest BCUT2D eigenvalue weighted by Gasteiger charge is 2.60. The Hall–Kier alpha value is -0.0800. The summed E-state index contributed by atoms with van der Waals surface area (Å²) in [6.45, 7) is 4.89. The third kappa shape index (κ3) is 1.97. The van der Waals surface area contributed by atoms with Gasteiger partial charge in [0.2, 0.25) is 0 Å². The van der Waals surface area contributed by atoms with Gasteiger partial charge in [0.25, 0.3) is 0 Å². The van der Waals surface area contributed by atoms with Crippen molar-refractivity contribution in [3.8, 4) is 0 Å².